The number of benzene rings is 2. The van der Waals surface area contributed by atoms with E-state index in [1.165, 1.54) is 50.6 Å². The molecule has 0 aliphatic carbocycles. The topological polar surface area (TPSA) is 64.4 Å². The fourth-order valence-electron chi connectivity index (χ4n) is 3.59. The predicted octanol–water partition coefficient (Wildman–Crippen LogP) is 2.32. The van der Waals surface area contributed by atoms with Gasteiger partial charge < -0.3 is 14.4 Å². The molecule has 0 saturated carbocycles. The molecule has 0 unspecified atom stereocenters. The summed E-state index contributed by atoms with van der Waals surface area (Å²) in [5.41, 5.74) is 5.24. The Morgan fingerprint density at radius 3 is 2.70 bits per heavy atom. The van der Waals surface area contributed by atoms with E-state index in [-0.39, 0.29) is 6.61 Å². The van der Waals surface area contributed by atoms with Gasteiger partial charge in [-0.25, -0.2) is 9.82 Å². The fraction of sp³-hybridized carbons (Fsp3) is 0.391. The Kier molecular flexibility index (Phi) is 7.79. The standard InChI is InChI=1S/C23H28FN3O3/c1-17(25-26-23(28)16-30-21-8-6-7-20(24)14-21)18-9-10-22(29-2)19(13-18)15-27-11-4-3-5-12-27/h6-10,13-14H,3-5,11-12,15-16H2,1-2H3,(H,26,28)/p+1/b25-17-. The SMILES string of the molecule is COc1ccc(/C(C)=N\NC(=O)COc2cccc(F)c2)cc1C[NH+]1CCCCC1. The summed E-state index contributed by atoms with van der Waals surface area (Å²) in [4.78, 5) is 13.6. The minimum atomic E-state index is -0.413. The molecule has 3 rings (SSSR count). The number of hydrazone groups is 1. The maximum absolute atomic E-state index is 13.2. The van der Waals surface area contributed by atoms with Gasteiger partial charge in [-0.1, -0.05) is 6.07 Å². The molecule has 1 aliphatic heterocycles. The Morgan fingerprint density at radius 1 is 1.17 bits per heavy atom. The number of likely N-dealkylation sites (tertiary alicyclic amines) is 1. The molecule has 1 heterocycles. The van der Waals surface area contributed by atoms with Crippen LogP contribution < -0.4 is 19.8 Å². The number of carbonyl (C=O) groups excluding carboxylic acids is 1. The molecule has 0 atom stereocenters. The third kappa shape index (κ3) is 6.29. The minimum absolute atomic E-state index is 0.244. The molecule has 0 radical (unpaired) electrons. The van der Waals surface area contributed by atoms with Crippen LogP contribution in [0, 0.1) is 5.82 Å². The second-order valence-electron chi connectivity index (χ2n) is 7.49. The summed E-state index contributed by atoms with van der Waals surface area (Å²) in [7, 11) is 1.68. The van der Waals surface area contributed by atoms with Gasteiger partial charge >= 0.3 is 0 Å². The van der Waals surface area contributed by atoms with E-state index in [2.05, 4.69) is 16.6 Å². The highest BCUT2D eigenvalue weighted by atomic mass is 19.1. The number of rotatable bonds is 8. The van der Waals surface area contributed by atoms with Crippen molar-refractivity contribution in [1.29, 1.82) is 0 Å². The van der Waals surface area contributed by atoms with E-state index in [4.69, 9.17) is 9.47 Å². The largest absolute Gasteiger partial charge is 0.496 e. The molecule has 1 saturated heterocycles. The van der Waals surface area contributed by atoms with Gasteiger partial charge in [0.25, 0.3) is 5.91 Å². The van der Waals surface area contributed by atoms with E-state index in [9.17, 15) is 9.18 Å². The first-order valence-electron chi connectivity index (χ1n) is 10.3. The van der Waals surface area contributed by atoms with Gasteiger partial charge in [0, 0.05) is 11.6 Å². The summed E-state index contributed by atoms with van der Waals surface area (Å²) in [5.74, 6) is 0.344. The summed E-state index contributed by atoms with van der Waals surface area (Å²) >= 11 is 0. The smallest absolute Gasteiger partial charge is 0.277 e. The van der Waals surface area contributed by atoms with Crippen LogP contribution in [-0.2, 0) is 11.3 Å². The molecular formula is C23H29FN3O3+. The lowest BCUT2D eigenvalue weighted by Gasteiger charge is -2.24. The monoisotopic (exact) mass is 414 g/mol. The maximum atomic E-state index is 13.2. The van der Waals surface area contributed by atoms with Gasteiger partial charge in [0.1, 0.15) is 23.9 Å². The van der Waals surface area contributed by atoms with Crippen LogP contribution in [0.3, 0.4) is 0 Å². The summed E-state index contributed by atoms with van der Waals surface area (Å²) in [5, 5.41) is 4.18. The number of hydrogen-bond donors (Lipinski definition) is 2. The lowest BCUT2D eigenvalue weighted by Crippen LogP contribution is -3.11. The van der Waals surface area contributed by atoms with Crippen molar-refractivity contribution in [2.45, 2.75) is 32.7 Å². The van der Waals surface area contributed by atoms with Crippen LogP contribution >= 0.6 is 0 Å². The van der Waals surface area contributed by atoms with Crippen molar-refractivity contribution in [2.75, 3.05) is 26.8 Å². The van der Waals surface area contributed by atoms with Crippen LogP contribution in [0.5, 0.6) is 11.5 Å². The van der Waals surface area contributed by atoms with Gasteiger partial charge in [-0.15, -0.1) is 0 Å². The predicted molar refractivity (Wildman–Crippen MR) is 113 cm³/mol. The van der Waals surface area contributed by atoms with Crippen LogP contribution in [0.15, 0.2) is 47.6 Å². The molecular weight excluding hydrogens is 385 g/mol. The zero-order valence-electron chi connectivity index (χ0n) is 17.5. The molecule has 160 valence electrons. The number of nitrogens with zero attached hydrogens (tertiary/aromatic N) is 1. The van der Waals surface area contributed by atoms with E-state index < -0.39 is 11.7 Å². The molecule has 1 amide bonds. The van der Waals surface area contributed by atoms with Crippen LogP contribution in [-0.4, -0.2) is 38.4 Å². The Labute approximate surface area is 176 Å². The van der Waals surface area contributed by atoms with E-state index in [1.807, 2.05) is 19.1 Å². The molecule has 0 aromatic heterocycles. The summed E-state index contributed by atoms with van der Waals surface area (Å²) < 4.78 is 24.0. The van der Waals surface area contributed by atoms with Gasteiger partial charge in [0.05, 0.1) is 25.9 Å². The van der Waals surface area contributed by atoms with Crippen molar-refractivity contribution in [1.82, 2.24) is 5.43 Å². The summed E-state index contributed by atoms with van der Waals surface area (Å²) in [6, 6.07) is 11.6. The summed E-state index contributed by atoms with van der Waals surface area (Å²) in [6.07, 6.45) is 3.85. The van der Waals surface area contributed by atoms with Gasteiger partial charge in [-0.05, 0) is 62.1 Å². The molecule has 1 fully saturated rings. The van der Waals surface area contributed by atoms with Gasteiger partial charge in [0.15, 0.2) is 6.61 Å². The molecule has 2 N–H and O–H groups in total. The fourth-order valence-corrected chi connectivity index (χ4v) is 3.59. The van der Waals surface area contributed by atoms with Gasteiger partial charge in [0.2, 0.25) is 0 Å². The third-order valence-corrected chi connectivity index (χ3v) is 5.21. The number of ether oxygens (including phenoxy) is 2. The molecule has 2 aromatic carbocycles. The van der Waals surface area contributed by atoms with Crippen LogP contribution in [0.4, 0.5) is 4.39 Å². The number of quaternary nitrogens is 1. The number of methoxy groups -OCH3 is 1. The van der Waals surface area contributed by atoms with Crippen molar-refractivity contribution in [3.8, 4) is 11.5 Å². The van der Waals surface area contributed by atoms with Crippen molar-refractivity contribution >= 4 is 11.6 Å². The minimum Gasteiger partial charge on any atom is -0.496 e. The highest BCUT2D eigenvalue weighted by molar-refractivity contribution is 5.99. The first-order chi connectivity index (χ1) is 14.5. The molecule has 0 bridgehead atoms. The normalized spacial score (nSPS) is 15.0. The van der Waals surface area contributed by atoms with E-state index >= 15 is 0 Å². The molecule has 6 nitrogen and oxygen atoms in total. The number of carbonyl (C=O) groups is 1. The number of piperidine rings is 1. The average Bonchev–Trinajstić information content (AvgIpc) is 2.76. The van der Waals surface area contributed by atoms with Crippen molar-refractivity contribution in [3.63, 3.8) is 0 Å². The Balaban J connectivity index is 1.60. The molecule has 2 aromatic rings. The first kappa shape index (κ1) is 21.8. The third-order valence-electron chi connectivity index (χ3n) is 5.21. The van der Waals surface area contributed by atoms with Crippen LogP contribution in [0.1, 0.15) is 37.3 Å². The van der Waals surface area contributed by atoms with E-state index in [0.717, 1.165) is 23.4 Å². The zero-order valence-corrected chi connectivity index (χ0v) is 17.5. The van der Waals surface area contributed by atoms with Gasteiger partial charge in [-0.2, -0.15) is 5.10 Å². The number of amides is 1. The van der Waals surface area contributed by atoms with Crippen molar-refractivity contribution < 1.29 is 23.6 Å². The summed E-state index contributed by atoms with van der Waals surface area (Å²) in [6.45, 7) is 4.88. The molecule has 0 spiro atoms. The highest BCUT2D eigenvalue weighted by Crippen LogP contribution is 2.20. The van der Waals surface area contributed by atoms with Crippen molar-refractivity contribution in [2.24, 2.45) is 5.10 Å². The molecule has 30 heavy (non-hydrogen) atoms. The lowest BCUT2D eigenvalue weighted by molar-refractivity contribution is -0.918. The van der Waals surface area contributed by atoms with Crippen molar-refractivity contribution in [3.05, 3.63) is 59.4 Å². The Morgan fingerprint density at radius 2 is 1.97 bits per heavy atom. The number of halogens is 1. The molecule has 7 heteroatoms. The average molecular weight is 415 g/mol. The molecule has 1 aliphatic rings. The first-order valence-corrected chi connectivity index (χ1v) is 10.3. The quantitative estimate of drug-likeness (QED) is 0.515. The second-order valence-corrected chi connectivity index (χ2v) is 7.49. The Hall–Kier alpha value is -2.93. The Bertz CT molecular complexity index is 895. The lowest BCUT2D eigenvalue weighted by atomic mass is 10.0. The zero-order chi connectivity index (χ0) is 21.3. The number of hydrogen-bond acceptors (Lipinski definition) is 4. The van der Waals surface area contributed by atoms with E-state index in [1.54, 1.807) is 18.1 Å². The highest BCUT2D eigenvalue weighted by Gasteiger charge is 2.17. The van der Waals surface area contributed by atoms with Crippen LogP contribution in [0.2, 0.25) is 0 Å². The second kappa shape index (κ2) is 10.7. The number of nitrogens with one attached hydrogen (secondary N) is 2. The van der Waals surface area contributed by atoms with Gasteiger partial charge in [-0.3, -0.25) is 4.79 Å². The maximum Gasteiger partial charge on any atom is 0.277 e. The van der Waals surface area contributed by atoms with Crippen LogP contribution in [0.25, 0.3) is 0 Å². The van der Waals surface area contributed by atoms with E-state index in [0.29, 0.717) is 11.5 Å².